The number of nitrogens with one attached hydrogen (secondary N) is 2. The molecule has 6 rings (SSSR count). The van der Waals surface area contributed by atoms with Gasteiger partial charge in [-0.25, -0.2) is 17.9 Å². The first-order valence-corrected chi connectivity index (χ1v) is 15.8. The molecule has 0 amide bonds. The van der Waals surface area contributed by atoms with E-state index in [0.29, 0.717) is 27.3 Å². The van der Waals surface area contributed by atoms with Crippen LogP contribution in [0.25, 0.3) is 10.9 Å². The number of halogens is 5. The number of rotatable bonds is 7. The number of anilines is 3. The molecule has 0 radical (unpaired) electrons. The lowest BCUT2D eigenvalue weighted by Crippen LogP contribution is -2.46. The van der Waals surface area contributed by atoms with Gasteiger partial charge in [0.25, 0.3) is 0 Å². The SMILES string of the molecule is CC(C)(C)N1CCC(n2cc([C@@H](Nc3cc(Cl)c4ncc(C#N)c(Nc5ccc(F)c(F)c5F)c4c3)c3ccc(Cl)cc3)nn2)CC1. The molecule has 13 heteroatoms. The Morgan fingerprint density at radius 1 is 1.00 bits per heavy atom. The summed E-state index contributed by atoms with van der Waals surface area (Å²) in [5, 5.41) is 26.3. The van der Waals surface area contributed by atoms with Crippen molar-refractivity contribution in [1.29, 1.82) is 5.26 Å². The maximum absolute atomic E-state index is 14.7. The number of hydrogen-bond acceptors (Lipinski definition) is 7. The summed E-state index contributed by atoms with van der Waals surface area (Å²) in [6.07, 6.45) is 5.12. The van der Waals surface area contributed by atoms with Crippen LogP contribution in [0.3, 0.4) is 0 Å². The van der Waals surface area contributed by atoms with E-state index < -0.39 is 23.5 Å². The number of fused-ring (bicyclic) bond motifs is 1. The van der Waals surface area contributed by atoms with E-state index in [-0.39, 0.29) is 33.5 Å². The number of piperidine rings is 1. The van der Waals surface area contributed by atoms with Gasteiger partial charge in [0, 0.05) is 40.9 Å². The average molecular weight is 680 g/mol. The Balaban J connectivity index is 1.37. The van der Waals surface area contributed by atoms with Crippen LogP contribution in [-0.2, 0) is 0 Å². The molecule has 242 valence electrons. The number of pyridine rings is 1. The molecule has 1 fully saturated rings. The van der Waals surface area contributed by atoms with Crippen molar-refractivity contribution >= 4 is 51.2 Å². The average Bonchev–Trinajstić information content (AvgIpc) is 3.54. The second kappa shape index (κ2) is 13.0. The van der Waals surface area contributed by atoms with Gasteiger partial charge < -0.3 is 10.6 Å². The van der Waals surface area contributed by atoms with Gasteiger partial charge in [-0.2, -0.15) is 5.26 Å². The molecule has 2 aromatic heterocycles. The predicted molar refractivity (Wildman–Crippen MR) is 178 cm³/mol. The number of nitrogens with zero attached hydrogens (tertiary/aromatic N) is 6. The highest BCUT2D eigenvalue weighted by molar-refractivity contribution is 6.36. The Labute approximate surface area is 280 Å². The predicted octanol–water partition coefficient (Wildman–Crippen LogP) is 8.80. The highest BCUT2D eigenvalue weighted by Crippen LogP contribution is 2.38. The first kappa shape index (κ1) is 32.6. The monoisotopic (exact) mass is 678 g/mol. The van der Waals surface area contributed by atoms with Crippen molar-refractivity contribution in [2.75, 3.05) is 23.7 Å². The molecule has 2 N–H and O–H groups in total. The fourth-order valence-corrected chi connectivity index (χ4v) is 6.27. The molecule has 0 saturated carbocycles. The quantitative estimate of drug-likeness (QED) is 0.166. The van der Waals surface area contributed by atoms with Gasteiger partial charge in [-0.15, -0.1) is 5.10 Å². The summed E-state index contributed by atoms with van der Waals surface area (Å²) in [7, 11) is 0. The van der Waals surface area contributed by atoms with Crippen LogP contribution < -0.4 is 10.6 Å². The first-order chi connectivity index (χ1) is 22.4. The first-order valence-electron chi connectivity index (χ1n) is 15.0. The second-order valence-corrected chi connectivity index (χ2v) is 13.3. The summed E-state index contributed by atoms with van der Waals surface area (Å²) in [5.74, 6) is -4.39. The van der Waals surface area contributed by atoms with Crippen molar-refractivity contribution in [2.24, 2.45) is 0 Å². The zero-order chi connectivity index (χ0) is 33.5. The normalized spacial score (nSPS) is 15.0. The topological polar surface area (TPSA) is 94.7 Å². The minimum Gasteiger partial charge on any atom is -0.373 e. The molecule has 1 aliphatic rings. The van der Waals surface area contributed by atoms with Crippen LogP contribution in [-0.4, -0.2) is 43.5 Å². The van der Waals surface area contributed by atoms with Crippen LogP contribution in [0.1, 0.15) is 62.5 Å². The van der Waals surface area contributed by atoms with Crippen molar-refractivity contribution in [3.05, 3.63) is 105 Å². The van der Waals surface area contributed by atoms with Crippen LogP contribution in [0.2, 0.25) is 10.0 Å². The lowest BCUT2D eigenvalue weighted by atomic mass is 9.98. The minimum atomic E-state index is -1.63. The van der Waals surface area contributed by atoms with Crippen LogP contribution >= 0.6 is 23.2 Å². The highest BCUT2D eigenvalue weighted by atomic mass is 35.5. The van der Waals surface area contributed by atoms with Crippen molar-refractivity contribution in [1.82, 2.24) is 24.9 Å². The number of nitriles is 1. The van der Waals surface area contributed by atoms with Gasteiger partial charge in [-0.1, -0.05) is 40.5 Å². The third-order valence-electron chi connectivity index (χ3n) is 8.47. The largest absolute Gasteiger partial charge is 0.373 e. The standard InChI is InChI=1S/C34H31Cl2F3N8/c1-34(2,3)46-12-10-23(11-13-46)47-18-28(44-45-47)32(19-4-6-21(35)7-5-19)42-22-14-24-31(20(16-40)17-41-33(24)25(36)15-22)43-27-9-8-26(37)29(38)30(27)39/h4-9,14-15,17-18,23,32,42H,10-13H2,1-3H3,(H,41,43)/t32-/m0/s1. The van der Waals surface area contributed by atoms with Gasteiger partial charge in [-0.05, 0) is 75.6 Å². The van der Waals surface area contributed by atoms with E-state index in [9.17, 15) is 18.4 Å². The molecule has 1 aliphatic heterocycles. The third kappa shape index (κ3) is 6.72. The van der Waals surface area contributed by atoms with E-state index in [1.54, 1.807) is 24.3 Å². The maximum atomic E-state index is 14.7. The van der Waals surface area contributed by atoms with Gasteiger partial charge in [-0.3, -0.25) is 9.88 Å². The molecular weight excluding hydrogens is 648 g/mol. The number of likely N-dealkylation sites (tertiary alicyclic amines) is 1. The molecular formula is C34H31Cl2F3N8. The molecule has 5 aromatic rings. The van der Waals surface area contributed by atoms with Crippen LogP contribution in [0, 0.1) is 28.8 Å². The number of benzene rings is 3. The summed E-state index contributed by atoms with van der Waals surface area (Å²) in [6.45, 7) is 8.58. The Hall–Kier alpha value is -4.37. The fourth-order valence-electron chi connectivity index (χ4n) is 5.87. The summed E-state index contributed by atoms with van der Waals surface area (Å²) >= 11 is 12.9. The zero-order valence-corrected chi connectivity index (χ0v) is 27.3. The van der Waals surface area contributed by atoms with Crippen LogP contribution in [0.5, 0.6) is 0 Å². The Kier molecular flexibility index (Phi) is 9.03. The number of hydrogen-bond donors (Lipinski definition) is 2. The maximum Gasteiger partial charge on any atom is 0.196 e. The van der Waals surface area contributed by atoms with Gasteiger partial charge >= 0.3 is 0 Å². The Morgan fingerprint density at radius 2 is 1.72 bits per heavy atom. The van der Waals surface area contributed by atoms with Crippen molar-refractivity contribution in [2.45, 2.75) is 51.2 Å². The molecule has 1 saturated heterocycles. The van der Waals surface area contributed by atoms with Crippen molar-refractivity contribution in [3.8, 4) is 6.07 Å². The molecule has 0 bridgehead atoms. The molecule has 3 heterocycles. The minimum absolute atomic E-state index is 0.0459. The van der Waals surface area contributed by atoms with Crippen LogP contribution in [0.15, 0.2) is 60.9 Å². The molecule has 3 aromatic carbocycles. The van der Waals surface area contributed by atoms with E-state index in [1.165, 1.54) is 6.20 Å². The summed E-state index contributed by atoms with van der Waals surface area (Å²) < 4.78 is 44.3. The third-order valence-corrected chi connectivity index (χ3v) is 9.01. The van der Waals surface area contributed by atoms with Gasteiger partial charge in [0.15, 0.2) is 17.5 Å². The smallest absolute Gasteiger partial charge is 0.196 e. The molecule has 8 nitrogen and oxygen atoms in total. The van der Waals surface area contributed by atoms with Gasteiger partial charge in [0.1, 0.15) is 11.8 Å². The second-order valence-electron chi connectivity index (χ2n) is 12.5. The van der Waals surface area contributed by atoms with E-state index in [2.05, 4.69) is 51.6 Å². The Morgan fingerprint density at radius 3 is 2.40 bits per heavy atom. The molecule has 47 heavy (non-hydrogen) atoms. The summed E-state index contributed by atoms with van der Waals surface area (Å²) in [5.41, 5.74) is 2.28. The van der Waals surface area contributed by atoms with E-state index >= 15 is 0 Å². The lowest BCUT2D eigenvalue weighted by Gasteiger charge is -2.40. The summed E-state index contributed by atoms with van der Waals surface area (Å²) in [4.78, 5) is 6.81. The Bertz CT molecular complexity index is 1980. The van der Waals surface area contributed by atoms with E-state index in [1.807, 2.05) is 29.1 Å². The highest BCUT2D eigenvalue weighted by Gasteiger charge is 2.29. The zero-order valence-electron chi connectivity index (χ0n) is 25.8. The van der Waals surface area contributed by atoms with Crippen molar-refractivity contribution in [3.63, 3.8) is 0 Å². The molecule has 1 atom stereocenters. The molecule has 0 unspecified atom stereocenters. The van der Waals surface area contributed by atoms with E-state index in [4.69, 9.17) is 23.2 Å². The molecule has 0 spiro atoms. The molecule has 0 aliphatic carbocycles. The van der Waals surface area contributed by atoms with Crippen LogP contribution in [0.4, 0.5) is 30.2 Å². The fraction of sp³-hybridized carbons (Fsp3) is 0.294. The van der Waals surface area contributed by atoms with E-state index in [0.717, 1.165) is 43.6 Å². The van der Waals surface area contributed by atoms with Gasteiger partial charge in [0.2, 0.25) is 0 Å². The van der Waals surface area contributed by atoms with Gasteiger partial charge in [0.05, 0.1) is 45.8 Å². The summed E-state index contributed by atoms with van der Waals surface area (Å²) in [6, 6.07) is 14.3. The van der Waals surface area contributed by atoms with Crippen molar-refractivity contribution < 1.29 is 13.2 Å². The lowest BCUT2D eigenvalue weighted by molar-refractivity contribution is 0.0866. The number of aromatic nitrogens is 4.